The van der Waals surface area contributed by atoms with Crippen LogP contribution in [0.2, 0.25) is 0 Å². The molecule has 0 N–H and O–H groups in total. The topological polar surface area (TPSA) is 24.7 Å². The highest BCUT2D eigenvalue weighted by atomic mass is 14.9. The molecule has 0 bridgehead atoms. The fourth-order valence-corrected chi connectivity index (χ4v) is 1.15. The first-order valence-electron chi connectivity index (χ1n) is 4.80. The van der Waals surface area contributed by atoms with Gasteiger partial charge in [0.25, 0.3) is 0 Å². The van der Waals surface area contributed by atoms with Crippen LogP contribution in [0, 0.1) is 0 Å². The number of nitrogens with zero attached hydrogens (tertiary/aromatic N) is 2. The van der Waals surface area contributed by atoms with E-state index >= 15 is 0 Å². The molecule has 0 unspecified atom stereocenters. The van der Waals surface area contributed by atoms with E-state index in [1.54, 1.807) is 0 Å². The maximum atomic E-state index is 4.35. The summed E-state index contributed by atoms with van der Waals surface area (Å²) in [6.45, 7) is 12.1. The van der Waals surface area contributed by atoms with Gasteiger partial charge in [0.2, 0.25) is 0 Å². The smallest absolute Gasteiger partial charge is 0.0752 e. The molecule has 0 amide bonds. The van der Waals surface area contributed by atoms with E-state index in [4.69, 9.17) is 0 Å². The van der Waals surface area contributed by atoms with Crippen molar-refractivity contribution >= 4 is 11.9 Å². The molecule has 0 aromatic carbocycles. The molecule has 2 nitrogen and oxygen atoms in total. The lowest BCUT2D eigenvalue weighted by molar-refractivity contribution is 0.657. The van der Waals surface area contributed by atoms with Gasteiger partial charge in [-0.15, -0.1) is 0 Å². The molecule has 0 saturated carbocycles. The van der Waals surface area contributed by atoms with E-state index in [1.807, 2.05) is 33.9 Å². The molecule has 0 saturated heterocycles. The lowest BCUT2D eigenvalue weighted by Crippen LogP contribution is -2.12. The van der Waals surface area contributed by atoms with Crippen LogP contribution in [0.15, 0.2) is 21.8 Å². The van der Waals surface area contributed by atoms with Gasteiger partial charge in [0, 0.05) is 11.9 Å². The molecule has 2 heteroatoms. The molecule has 13 heavy (non-hydrogen) atoms. The van der Waals surface area contributed by atoms with E-state index in [9.17, 15) is 0 Å². The zero-order valence-electron chi connectivity index (χ0n) is 9.55. The highest BCUT2D eigenvalue weighted by molar-refractivity contribution is 6.30. The molecule has 0 spiro atoms. The summed E-state index contributed by atoms with van der Waals surface area (Å²) in [5.74, 6) is 0. The normalized spacial score (nSPS) is 19.2. The summed E-state index contributed by atoms with van der Waals surface area (Å²) >= 11 is 0. The van der Waals surface area contributed by atoms with Crippen molar-refractivity contribution in [2.45, 2.75) is 47.1 Å². The largest absolute Gasteiger partial charge is 0.281 e. The number of hydrogen-bond acceptors (Lipinski definition) is 2. The minimum Gasteiger partial charge on any atom is -0.281 e. The Morgan fingerprint density at radius 3 is 2.23 bits per heavy atom. The lowest BCUT2D eigenvalue weighted by Gasteiger charge is -2.12. The molecule has 0 aromatic heterocycles. The molecule has 0 fully saturated rings. The van der Waals surface area contributed by atoms with Crippen LogP contribution in [0.25, 0.3) is 0 Å². The first-order chi connectivity index (χ1) is 5.99. The molecule has 0 atom stereocenters. The van der Waals surface area contributed by atoms with Crippen molar-refractivity contribution in [2.75, 3.05) is 0 Å². The van der Waals surface area contributed by atoms with Gasteiger partial charge in [0.15, 0.2) is 0 Å². The molecule has 0 aromatic rings. The highest BCUT2D eigenvalue weighted by Crippen LogP contribution is 2.15. The number of rotatable bonds is 0. The summed E-state index contributed by atoms with van der Waals surface area (Å²) < 4.78 is 0. The highest BCUT2D eigenvalue weighted by Gasteiger charge is 2.13. The third-order valence-electron chi connectivity index (χ3n) is 1.50. The van der Waals surface area contributed by atoms with Crippen LogP contribution >= 0.6 is 0 Å². The Kier molecular flexibility index (Phi) is 4.60. The predicted octanol–water partition coefficient (Wildman–Crippen LogP) is 3.24. The van der Waals surface area contributed by atoms with Crippen LogP contribution in [-0.2, 0) is 0 Å². The maximum Gasteiger partial charge on any atom is 0.0752 e. The van der Waals surface area contributed by atoms with Gasteiger partial charge in [-0.3, -0.25) is 9.98 Å². The Morgan fingerprint density at radius 1 is 1.15 bits per heavy atom. The second-order valence-corrected chi connectivity index (χ2v) is 3.45. The maximum absolute atomic E-state index is 4.35. The summed E-state index contributed by atoms with van der Waals surface area (Å²) in [7, 11) is 0. The standard InChI is InChI=1S/C9H14N2.C2H6/c1-7-5-9(3,4)10-6-8(2)11-7;1-2/h5-6H,1-4H3;1-2H3. The molecule has 0 radical (unpaired) electrons. The summed E-state index contributed by atoms with van der Waals surface area (Å²) in [6, 6.07) is 0. The van der Waals surface area contributed by atoms with Gasteiger partial charge in [0.1, 0.15) is 0 Å². The van der Waals surface area contributed by atoms with E-state index in [1.165, 1.54) is 0 Å². The van der Waals surface area contributed by atoms with Crippen molar-refractivity contribution in [3.63, 3.8) is 0 Å². The molecule has 74 valence electrons. The van der Waals surface area contributed by atoms with E-state index in [0.717, 1.165) is 11.4 Å². The molecule has 1 aliphatic rings. The van der Waals surface area contributed by atoms with Crippen molar-refractivity contribution in [2.24, 2.45) is 9.98 Å². The van der Waals surface area contributed by atoms with Gasteiger partial charge in [-0.05, 0) is 33.8 Å². The number of aliphatic imine (C=N–C) groups is 2. The summed E-state index contributed by atoms with van der Waals surface area (Å²) in [5, 5.41) is 0. The van der Waals surface area contributed by atoms with Crippen LogP contribution in [0.3, 0.4) is 0 Å². The number of hydrogen-bond donors (Lipinski definition) is 0. The van der Waals surface area contributed by atoms with Crippen molar-refractivity contribution < 1.29 is 0 Å². The van der Waals surface area contributed by atoms with Crippen molar-refractivity contribution in [3.8, 4) is 0 Å². The monoisotopic (exact) mass is 180 g/mol. The lowest BCUT2D eigenvalue weighted by atomic mass is 10.1. The van der Waals surface area contributed by atoms with Crippen molar-refractivity contribution in [1.82, 2.24) is 0 Å². The van der Waals surface area contributed by atoms with Crippen LogP contribution in [0.4, 0.5) is 0 Å². The van der Waals surface area contributed by atoms with Gasteiger partial charge < -0.3 is 0 Å². The Bertz CT molecular complexity index is 245. The molecule has 1 heterocycles. The Labute approximate surface area is 81.5 Å². The van der Waals surface area contributed by atoms with E-state index < -0.39 is 0 Å². The first-order valence-corrected chi connectivity index (χ1v) is 4.80. The average molecular weight is 180 g/mol. The fraction of sp³-hybridized carbons (Fsp3) is 0.636. The van der Waals surface area contributed by atoms with E-state index in [-0.39, 0.29) is 5.54 Å². The predicted molar refractivity (Wildman–Crippen MR) is 60.8 cm³/mol. The zero-order valence-corrected chi connectivity index (χ0v) is 9.55. The first kappa shape index (κ1) is 12.1. The minimum absolute atomic E-state index is 0.0919. The van der Waals surface area contributed by atoms with Gasteiger partial charge in [-0.1, -0.05) is 13.8 Å². The SMILES string of the molecule is CC.CC1=CC(C)(C)N=CC(C)=N1. The molecule has 1 rings (SSSR count). The molecule has 1 aliphatic heterocycles. The molecular formula is C11H20N2. The van der Waals surface area contributed by atoms with Crippen molar-refractivity contribution in [1.29, 1.82) is 0 Å². The average Bonchev–Trinajstić information content (AvgIpc) is 2.13. The van der Waals surface area contributed by atoms with E-state index in [2.05, 4.69) is 29.9 Å². The van der Waals surface area contributed by atoms with Gasteiger partial charge in [-0.2, -0.15) is 0 Å². The summed E-state index contributed by atoms with van der Waals surface area (Å²) in [5.41, 5.74) is 1.93. The second kappa shape index (κ2) is 4.95. The summed E-state index contributed by atoms with van der Waals surface area (Å²) in [4.78, 5) is 8.66. The van der Waals surface area contributed by atoms with Crippen molar-refractivity contribution in [3.05, 3.63) is 11.8 Å². The zero-order chi connectivity index (χ0) is 10.5. The molecular weight excluding hydrogens is 160 g/mol. The van der Waals surface area contributed by atoms with Crippen LogP contribution in [0.5, 0.6) is 0 Å². The van der Waals surface area contributed by atoms with Crippen LogP contribution in [0.1, 0.15) is 41.5 Å². The minimum atomic E-state index is -0.0919. The molecule has 0 aliphatic carbocycles. The van der Waals surface area contributed by atoms with E-state index in [0.29, 0.717) is 0 Å². The fourth-order valence-electron chi connectivity index (χ4n) is 1.15. The van der Waals surface area contributed by atoms with Crippen LogP contribution in [-0.4, -0.2) is 17.5 Å². The van der Waals surface area contributed by atoms with Crippen LogP contribution < -0.4 is 0 Å². The Morgan fingerprint density at radius 2 is 1.69 bits per heavy atom. The van der Waals surface area contributed by atoms with Gasteiger partial charge in [0.05, 0.1) is 11.3 Å². The number of allylic oxidation sites excluding steroid dienone is 1. The van der Waals surface area contributed by atoms with Gasteiger partial charge in [-0.25, -0.2) is 0 Å². The third-order valence-corrected chi connectivity index (χ3v) is 1.50. The third kappa shape index (κ3) is 4.61. The Balaban J connectivity index is 0.000000671. The van der Waals surface area contributed by atoms with Gasteiger partial charge >= 0.3 is 0 Å². The quantitative estimate of drug-likeness (QED) is 0.546. The Hall–Kier alpha value is -0.920. The summed E-state index contributed by atoms with van der Waals surface area (Å²) in [6.07, 6.45) is 3.90. The second-order valence-electron chi connectivity index (χ2n) is 3.45.